The minimum Gasteiger partial charge on any atom is -0.353 e. The van der Waals surface area contributed by atoms with Crippen LogP contribution in [0, 0.1) is 5.92 Å². The maximum Gasteiger partial charge on any atom is 0.234 e. The summed E-state index contributed by atoms with van der Waals surface area (Å²) in [4.78, 5) is 11.6. The van der Waals surface area contributed by atoms with Gasteiger partial charge in [-0.15, -0.1) is 0 Å². The van der Waals surface area contributed by atoms with E-state index in [0.29, 0.717) is 12.6 Å². The van der Waals surface area contributed by atoms with E-state index < -0.39 is 0 Å². The summed E-state index contributed by atoms with van der Waals surface area (Å²) in [6.45, 7) is 6.78. The van der Waals surface area contributed by atoms with Crippen molar-refractivity contribution in [2.75, 3.05) is 6.54 Å². The molecule has 1 amide bonds. The van der Waals surface area contributed by atoms with E-state index >= 15 is 0 Å². The minimum atomic E-state index is 0.128. The minimum absolute atomic E-state index is 0.128. The van der Waals surface area contributed by atoms with Crippen LogP contribution in [0.1, 0.15) is 52.9 Å². The van der Waals surface area contributed by atoms with Crippen LogP contribution in [-0.2, 0) is 4.79 Å². The summed E-state index contributed by atoms with van der Waals surface area (Å²) in [6, 6.07) is 0.813. The lowest BCUT2D eigenvalue weighted by Gasteiger charge is -2.17. The van der Waals surface area contributed by atoms with Crippen LogP contribution in [-0.4, -0.2) is 24.5 Å². The van der Waals surface area contributed by atoms with Crippen LogP contribution in [0.25, 0.3) is 0 Å². The molecule has 2 N–H and O–H groups in total. The zero-order chi connectivity index (χ0) is 12.0. The number of carbonyl (C=O) groups excluding carboxylic acids is 1. The van der Waals surface area contributed by atoms with E-state index in [1.165, 1.54) is 19.3 Å². The summed E-state index contributed by atoms with van der Waals surface area (Å²) in [7, 11) is 0. The third-order valence-corrected chi connectivity index (χ3v) is 3.38. The fourth-order valence-electron chi connectivity index (χ4n) is 1.82. The number of carbonyl (C=O) groups is 1. The van der Waals surface area contributed by atoms with Crippen LogP contribution in [0.2, 0.25) is 0 Å². The molecule has 3 nitrogen and oxygen atoms in total. The van der Waals surface area contributed by atoms with Crippen molar-refractivity contribution in [2.24, 2.45) is 5.92 Å². The summed E-state index contributed by atoms with van der Waals surface area (Å²) in [5.74, 6) is 1.05. The lowest BCUT2D eigenvalue weighted by atomic mass is 10.1. The zero-order valence-corrected chi connectivity index (χ0v) is 10.9. The van der Waals surface area contributed by atoms with E-state index in [1.807, 2.05) is 6.92 Å². The number of amides is 1. The van der Waals surface area contributed by atoms with Gasteiger partial charge in [0.15, 0.2) is 0 Å². The van der Waals surface area contributed by atoms with Crippen LogP contribution in [0.15, 0.2) is 0 Å². The molecule has 1 aliphatic carbocycles. The second-order valence-electron chi connectivity index (χ2n) is 5.04. The Balaban J connectivity index is 2.12. The quantitative estimate of drug-likeness (QED) is 0.665. The van der Waals surface area contributed by atoms with Gasteiger partial charge in [-0.3, -0.25) is 4.79 Å². The van der Waals surface area contributed by atoms with E-state index in [1.54, 1.807) is 0 Å². The fourth-order valence-corrected chi connectivity index (χ4v) is 1.82. The molecule has 1 saturated carbocycles. The molecule has 0 radical (unpaired) electrons. The van der Waals surface area contributed by atoms with E-state index in [4.69, 9.17) is 0 Å². The molecule has 0 heterocycles. The first-order valence-electron chi connectivity index (χ1n) is 6.68. The van der Waals surface area contributed by atoms with Crippen LogP contribution in [0.5, 0.6) is 0 Å². The molecule has 2 unspecified atom stereocenters. The van der Waals surface area contributed by atoms with Crippen molar-refractivity contribution < 1.29 is 4.79 Å². The van der Waals surface area contributed by atoms with Gasteiger partial charge in [0, 0.05) is 12.1 Å². The summed E-state index contributed by atoms with van der Waals surface area (Å²) in [5, 5.41) is 6.33. The number of hydrogen-bond donors (Lipinski definition) is 2. The predicted molar refractivity (Wildman–Crippen MR) is 67.3 cm³/mol. The molecule has 0 aromatic rings. The van der Waals surface area contributed by atoms with Crippen LogP contribution >= 0.6 is 0 Å². The average molecular weight is 226 g/mol. The Kier molecular flexibility index (Phi) is 5.81. The van der Waals surface area contributed by atoms with Crippen molar-refractivity contribution in [3.8, 4) is 0 Å². The molecule has 94 valence electrons. The zero-order valence-electron chi connectivity index (χ0n) is 10.9. The molecule has 16 heavy (non-hydrogen) atoms. The molecule has 0 aliphatic heterocycles. The highest BCUT2D eigenvalue weighted by Gasteiger charge is 2.24. The largest absolute Gasteiger partial charge is 0.353 e. The normalized spacial score (nSPS) is 19.2. The molecular weight excluding hydrogens is 200 g/mol. The molecule has 2 atom stereocenters. The highest BCUT2D eigenvalue weighted by Crippen LogP contribution is 2.33. The van der Waals surface area contributed by atoms with Gasteiger partial charge in [-0.05, 0) is 32.1 Å². The molecular formula is C13H26N2O. The van der Waals surface area contributed by atoms with Gasteiger partial charge in [-0.2, -0.15) is 0 Å². The van der Waals surface area contributed by atoms with Gasteiger partial charge in [-0.25, -0.2) is 0 Å². The lowest BCUT2D eigenvalue weighted by Crippen LogP contribution is -2.42. The highest BCUT2D eigenvalue weighted by atomic mass is 16.1. The van der Waals surface area contributed by atoms with E-state index in [-0.39, 0.29) is 11.9 Å². The lowest BCUT2D eigenvalue weighted by molar-refractivity contribution is -0.121. The topological polar surface area (TPSA) is 41.1 Å². The Labute approximate surface area is 99.4 Å². The Hall–Kier alpha value is -0.570. The first-order chi connectivity index (χ1) is 7.65. The van der Waals surface area contributed by atoms with Crippen molar-refractivity contribution in [3.05, 3.63) is 0 Å². The van der Waals surface area contributed by atoms with E-state index in [0.717, 1.165) is 18.8 Å². The summed E-state index contributed by atoms with van der Waals surface area (Å²) < 4.78 is 0. The Morgan fingerprint density at radius 2 is 2.00 bits per heavy atom. The molecule has 0 spiro atoms. The summed E-state index contributed by atoms with van der Waals surface area (Å²) in [5.41, 5.74) is 0. The first kappa shape index (κ1) is 13.5. The second-order valence-corrected chi connectivity index (χ2v) is 5.04. The molecule has 0 aromatic heterocycles. The van der Waals surface area contributed by atoms with Gasteiger partial charge in [0.05, 0.1) is 6.54 Å². The second kappa shape index (κ2) is 6.89. The van der Waals surface area contributed by atoms with E-state index in [2.05, 4.69) is 24.5 Å². The van der Waals surface area contributed by atoms with Gasteiger partial charge >= 0.3 is 0 Å². The van der Waals surface area contributed by atoms with Crippen molar-refractivity contribution >= 4 is 5.91 Å². The number of rotatable bonds is 8. The smallest absolute Gasteiger partial charge is 0.234 e. The predicted octanol–water partition coefficient (Wildman–Crippen LogP) is 2.07. The molecule has 0 aromatic carbocycles. The Bertz CT molecular complexity index is 214. The molecule has 1 fully saturated rings. The van der Waals surface area contributed by atoms with Crippen molar-refractivity contribution in [1.82, 2.24) is 10.6 Å². The number of nitrogens with one attached hydrogen (secondary N) is 2. The number of hydrogen-bond acceptors (Lipinski definition) is 2. The highest BCUT2D eigenvalue weighted by molar-refractivity contribution is 5.78. The van der Waals surface area contributed by atoms with Crippen molar-refractivity contribution in [2.45, 2.75) is 65.0 Å². The van der Waals surface area contributed by atoms with E-state index in [9.17, 15) is 4.79 Å². The fraction of sp³-hybridized carbons (Fsp3) is 0.923. The third kappa shape index (κ3) is 5.50. The van der Waals surface area contributed by atoms with Gasteiger partial charge in [0.2, 0.25) is 5.91 Å². The van der Waals surface area contributed by atoms with Crippen LogP contribution in [0.4, 0.5) is 0 Å². The Morgan fingerprint density at radius 3 is 2.50 bits per heavy atom. The Morgan fingerprint density at radius 1 is 1.31 bits per heavy atom. The van der Waals surface area contributed by atoms with Gasteiger partial charge in [0.1, 0.15) is 0 Å². The van der Waals surface area contributed by atoms with Gasteiger partial charge in [0.25, 0.3) is 0 Å². The molecule has 3 heteroatoms. The maximum atomic E-state index is 11.6. The summed E-state index contributed by atoms with van der Waals surface area (Å²) >= 11 is 0. The SMILES string of the molecule is CCC(C)NC(=O)CNC(CC)CC1CC1. The standard InChI is InChI=1S/C13H26N2O/c1-4-10(3)15-13(16)9-14-12(5-2)8-11-6-7-11/h10-12,14H,4-9H2,1-3H3,(H,15,16). The van der Waals surface area contributed by atoms with Crippen LogP contribution < -0.4 is 10.6 Å². The first-order valence-corrected chi connectivity index (χ1v) is 6.68. The monoisotopic (exact) mass is 226 g/mol. The van der Waals surface area contributed by atoms with Gasteiger partial charge < -0.3 is 10.6 Å². The summed E-state index contributed by atoms with van der Waals surface area (Å²) in [6.07, 6.45) is 6.12. The van der Waals surface area contributed by atoms with Crippen LogP contribution in [0.3, 0.4) is 0 Å². The van der Waals surface area contributed by atoms with Gasteiger partial charge in [-0.1, -0.05) is 26.7 Å². The molecule has 0 bridgehead atoms. The average Bonchev–Trinajstić information content (AvgIpc) is 3.07. The molecule has 0 saturated heterocycles. The van der Waals surface area contributed by atoms with Crippen molar-refractivity contribution in [1.29, 1.82) is 0 Å². The third-order valence-electron chi connectivity index (χ3n) is 3.38. The van der Waals surface area contributed by atoms with Crippen molar-refractivity contribution in [3.63, 3.8) is 0 Å². The maximum absolute atomic E-state index is 11.6. The molecule has 1 aliphatic rings. The molecule has 1 rings (SSSR count).